The summed E-state index contributed by atoms with van der Waals surface area (Å²) in [6.45, 7) is 2.04. The van der Waals surface area contributed by atoms with Crippen LogP contribution >= 0.6 is 23.1 Å². The number of nitrogens with one attached hydrogen (secondary N) is 1. The molecule has 7 heteroatoms. The molecule has 1 N–H and O–H groups in total. The predicted molar refractivity (Wildman–Crippen MR) is 115 cm³/mol. The number of aromatic nitrogens is 1. The second-order valence-electron chi connectivity index (χ2n) is 5.81. The number of carbonyl (C=O) groups is 2. The van der Waals surface area contributed by atoms with E-state index in [1.54, 1.807) is 6.92 Å². The molecule has 28 heavy (non-hydrogen) atoms. The molecule has 3 aromatic rings. The van der Waals surface area contributed by atoms with Crippen molar-refractivity contribution in [2.24, 2.45) is 0 Å². The highest BCUT2D eigenvalue weighted by Gasteiger charge is 2.21. The first-order valence-electron chi connectivity index (χ1n) is 8.82. The maximum atomic E-state index is 12.3. The Bertz CT molecular complexity index is 927. The second kappa shape index (κ2) is 10.1. The van der Waals surface area contributed by atoms with Crippen LogP contribution in [0.1, 0.15) is 22.2 Å². The van der Waals surface area contributed by atoms with Crippen molar-refractivity contribution in [2.45, 2.75) is 12.7 Å². The predicted octanol–water partition coefficient (Wildman–Crippen LogP) is 4.86. The Kier molecular flexibility index (Phi) is 7.22. The Morgan fingerprint density at radius 2 is 1.75 bits per heavy atom. The lowest BCUT2D eigenvalue weighted by molar-refractivity contribution is -0.113. The number of carbonyl (C=O) groups excluding carboxylic acids is 2. The molecule has 1 aromatic heterocycles. The van der Waals surface area contributed by atoms with E-state index in [2.05, 4.69) is 10.3 Å². The van der Waals surface area contributed by atoms with Gasteiger partial charge in [-0.1, -0.05) is 72.0 Å². The molecule has 5 nitrogen and oxygen atoms in total. The fourth-order valence-electron chi connectivity index (χ4n) is 2.49. The van der Waals surface area contributed by atoms with Crippen LogP contribution in [0.2, 0.25) is 0 Å². The van der Waals surface area contributed by atoms with Crippen molar-refractivity contribution in [3.63, 3.8) is 0 Å². The highest BCUT2D eigenvalue weighted by molar-refractivity contribution is 7.99. The Morgan fingerprint density at radius 1 is 1.07 bits per heavy atom. The van der Waals surface area contributed by atoms with Gasteiger partial charge in [0.1, 0.15) is 4.88 Å². The molecule has 0 saturated heterocycles. The van der Waals surface area contributed by atoms with Gasteiger partial charge in [-0.2, -0.15) is 0 Å². The van der Waals surface area contributed by atoms with Crippen molar-refractivity contribution in [2.75, 3.05) is 17.7 Å². The third kappa shape index (κ3) is 5.43. The summed E-state index contributed by atoms with van der Waals surface area (Å²) in [5.41, 5.74) is 2.50. The minimum absolute atomic E-state index is 0.148. The van der Waals surface area contributed by atoms with E-state index in [1.807, 2.05) is 60.7 Å². The van der Waals surface area contributed by atoms with Crippen molar-refractivity contribution >= 4 is 40.1 Å². The normalized spacial score (nSPS) is 10.5. The number of ether oxygens (including phenoxy) is 1. The van der Waals surface area contributed by atoms with Gasteiger partial charge in [-0.25, -0.2) is 9.78 Å². The molecule has 0 fully saturated rings. The van der Waals surface area contributed by atoms with E-state index in [0.29, 0.717) is 21.5 Å². The molecule has 0 saturated carbocycles. The molecular weight excluding hydrogens is 392 g/mol. The van der Waals surface area contributed by atoms with Gasteiger partial charge in [0.05, 0.1) is 18.1 Å². The Morgan fingerprint density at radius 3 is 2.43 bits per heavy atom. The van der Waals surface area contributed by atoms with Crippen LogP contribution in [0, 0.1) is 0 Å². The summed E-state index contributed by atoms with van der Waals surface area (Å²) in [5, 5.41) is 3.19. The van der Waals surface area contributed by atoms with Gasteiger partial charge in [0.25, 0.3) is 0 Å². The highest BCUT2D eigenvalue weighted by atomic mass is 32.2. The van der Waals surface area contributed by atoms with Gasteiger partial charge in [0.2, 0.25) is 5.91 Å². The molecule has 3 rings (SSSR count). The number of hydrogen-bond acceptors (Lipinski definition) is 6. The van der Waals surface area contributed by atoms with E-state index < -0.39 is 5.97 Å². The molecule has 144 valence electrons. The first-order valence-corrected chi connectivity index (χ1v) is 10.8. The van der Waals surface area contributed by atoms with Gasteiger partial charge in [-0.3, -0.25) is 4.79 Å². The zero-order chi connectivity index (χ0) is 19.8. The Balaban J connectivity index is 1.67. The van der Waals surface area contributed by atoms with E-state index in [-0.39, 0.29) is 12.5 Å². The molecule has 0 atom stereocenters. The van der Waals surface area contributed by atoms with Crippen molar-refractivity contribution < 1.29 is 14.3 Å². The molecular formula is C21H20N2O3S2. The van der Waals surface area contributed by atoms with Gasteiger partial charge in [0.15, 0.2) is 5.13 Å². The molecule has 0 bridgehead atoms. The highest BCUT2D eigenvalue weighted by Crippen LogP contribution is 2.32. The van der Waals surface area contributed by atoms with Gasteiger partial charge < -0.3 is 10.1 Å². The molecule has 0 unspecified atom stereocenters. The standard InChI is InChI=1S/C21H20N2O3S2/c1-2-26-20(25)19-18(16-11-7-4-8-12-16)23-21(28-19)22-17(24)14-27-13-15-9-5-3-6-10-15/h3-12H,2,13-14H2,1H3,(H,22,23,24). The van der Waals surface area contributed by atoms with Gasteiger partial charge in [0, 0.05) is 11.3 Å². The zero-order valence-electron chi connectivity index (χ0n) is 15.4. The van der Waals surface area contributed by atoms with E-state index in [4.69, 9.17) is 4.74 Å². The van der Waals surface area contributed by atoms with E-state index in [0.717, 1.165) is 22.7 Å². The molecule has 2 aromatic carbocycles. The number of esters is 1. The van der Waals surface area contributed by atoms with Crippen LogP contribution in [-0.2, 0) is 15.3 Å². The van der Waals surface area contributed by atoms with Gasteiger partial charge >= 0.3 is 5.97 Å². The lowest BCUT2D eigenvalue weighted by Gasteiger charge is -2.02. The fraction of sp³-hybridized carbons (Fsp3) is 0.190. The lowest BCUT2D eigenvalue weighted by atomic mass is 10.1. The molecule has 0 radical (unpaired) electrons. The minimum Gasteiger partial charge on any atom is -0.462 e. The second-order valence-corrected chi connectivity index (χ2v) is 7.79. The van der Waals surface area contributed by atoms with Crippen LogP contribution < -0.4 is 5.32 Å². The first-order chi connectivity index (χ1) is 13.7. The largest absolute Gasteiger partial charge is 0.462 e. The number of rotatable bonds is 8. The summed E-state index contributed by atoms with van der Waals surface area (Å²) in [6, 6.07) is 19.4. The maximum absolute atomic E-state index is 12.3. The van der Waals surface area contributed by atoms with Crippen molar-refractivity contribution in [1.29, 1.82) is 0 Å². The van der Waals surface area contributed by atoms with Crippen LogP contribution in [0.15, 0.2) is 60.7 Å². The first kappa shape index (κ1) is 20.1. The number of hydrogen-bond donors (Lipinski definition) is 1. The van der Waals surface area contributed by atoms with Crippen LogP contribution in [0.4, 0.5) is 5.13 Å². The minimum atomic E-state index is -0.433. The van der Waals surface area contributed by atoms with Crippen molar-refractivity contribution in [1.82, 2.24) is 4.98 Å². The summed E-state index contributed by atoms with van der Waals surface area (Å²) in [7, 11) is 0. The fourth-order valence-corrected chi connectivity index (χ4v) is 4.18. The summed E-state index contributed by atoms with van der Waals surface area (Å²) < 4.78 is 5.14. The van der Waals surface area contributed by atoms with E-state index in [1.165, 1.54) is 17.3 Å². The third-order valence-electron chi connectivity index (χ3n) is 3.73. The maximum Gasteiger partial charge on any atom is 0.350 e. The quantitative estimate of drug-likeness (QED) is 0.535. The van der Waals surface area contributed by atoms with Crippen molar-refractivity contribution in [3.05, 3.63) is 71.1 Å². The smallest absolute Gasteiger partial charge is 0.350 e. The summed E-state index contributed by atoms with van der Waals surface area (Å²) in [4.78, 5) is 29.4. The van der Waals surface area contributed by atoms with Crippen molar-refractivity contribution in [3.8, 4) is 11.3 Å². The van der Waals surface area contributed by atoms with Crippen LogP contribution in [0.5, 0.6) is 0 Å². The number of benzene rings is 2. The third-order valence-corrected chi connectivity index (χ3v) is 5.68. The van der Waals surface area contributed by atoms with Gasteiger partial charge in [-0.15, -0.1) is 11.8 Å². The van der Waals surface area contributed by atoms with E-state index in [9.17, 15) is 9.59 Å². The number of anilines is 1. The SMILES string of the molecule is CCOC(=O)c1sc(NC(=O)CSCc2ccccc2)nc1-c1ccccc1. The average Bonchev–Trinajstić information content (AvgIpc) is 3.13. The monoisotopic (exact) mass is 412 g/mol. The molecule has 1 amide bonds. The molecule has 0 aliphatic carbocycles. The number of amides is 1. The van der Waals surface area contributed by atoms with E-state index >= 15 is 0 Å². The van der Waals surface area contributed by atoms with Gasteiger partial charge in [-0.05, 0) is 12.5 Å². The van der Waals surface area contributed by atoms with Crippen LogP contribution in [0.25, 0.3) is 11.3 Å². The Hall–Kier alpha value is -2.64. The molecule has 1 heterocycles. The summed E-state index contributed by atoms with van der Waals surface area (Å²) in [5.74, 6) is 0.488. The summed E-state index contributed by atoms with van der Waals surface area (Å²) in [6.07, 6.45) is 0. The van der Waals surface area contributed by atoms with Crippen LogP contribution in [0.3, 0.4) is 0 Å². The number of nitrogens with zero attached hydrogens (tertiary/aromatic N) is 1. The molecule has 0 aliphatic heterocycles. The lowest BCUT2D eigenvalue weighted by Crippen LogP contribution is -2.13. The Labute approximate surface area is 172 Å². The number of thioether (sulfide) groups is 1. The number of thiazole rings is 1. The summed E-state index contributed by atoms with van der Waals surface area (Å²) >= 11 is 2.66. The molecule has 0 spiro atoms. The topological polar surface area (TPSA) is 68.3 Å². The molecule has 0 aliphatic rings. The van der Waals surface area contributed by atoms with Crippen LogP contribution in [-0.4, -0.2) is 29.2 Å². The zero-order valence-corrected chi connectivity index (χ0v) is 17.0. The average molecular weight is 413 g/mol.